The molecule has 0 heterocycles. The standard InChI is InChI=1S/C18H17ClN2O3/c1-2-21(17(19)22)20-18(23)24-11-16-14-9-5-3-7-12(14)13-8-4-6-10-15(13)16/h3-10,16H,2,11H2,1H3,(H,20,23). The van der Waals surface area contributed by atoms with E-state index >= 15 is 0 Å². The number of amides is 2. The highest BCUT2D eigenvalue weighted by Crippen LogP contribution is 2.44. The predicted octanol–water partition coefficient (Wildman–Crippen LogP) is 4.12. The van der Waals surface area contributed by atoms with Crippen molar-refractivity contribution in [2.45, 2.75) is 12.8 Å². The van der Waals surface area contributed by atoms with Gasteiger partial charge in [0.15, 0.2) is 0 Å². The van der Waals surface area contributed by atoms with Crippen LogP contribution >= 0.6 is 11.6 Å². The smallest absolute Gasteiger partial charge is 0.426 e. The summed E-state index contributed by atoms with van der Waals surface area (Å²) in [5, 5.41) is 0.228. The van der Waals surface area contributed by atoms with Gasteiger partial charge in [0.2, 0.25) is 0 Å². The maximum atomic E-state index is 11.9. The summed E-state index contributed by atoms with van der Waals surface area (Å²) in [4.78, 5) is 23.0. The van der Waals surface area contributed by atoms with Gasteiger partial charge in [-0.3, -0.25) is 4.79 Å². The highest BCUT2D eigenvalue weighted by molar-refractivity contribution is 6.62. The molecule has 5 nitrogen and oxygen atoms in total. The molecule has 0 fully saturated rings. The lowest BCUT2D eigenvalue weighted by molar-refractivity contribution is 0.116. The molecular weight excluding hydrogens is 328 g/mol. The van der Waals surface area contributed by atoms with E-state index in [1.807, 2.05) is 36.4 Å². The van der Waals surface area contributed by atoms with Gasteiger partial charge in [0.1, 0.15) is 6.61 Å². The Morgan fingerprint density at radius 3 is 2.12 bits per heavy atom. The van der Waals surface area contributed by atoms with E-state index in [9.17, 15) is 9.59 Å². The third-order valence-corrected chi connectivity index (χ3v) is 4.30. The minimum atomic E-state index is -0.758. The quantitative estimate of drug-likeness (QED) is 0.517. The molecule has 2 aromatic rings. The highest BCUT2D eigenvalue weighted by Gasteiger charge is 2.29. The average Bonchev–Trinajstić information content (AvgIpc) is 2.91. The maximum Gasteiger partial charge on any atom is 0.426 e. The van der Waals surface area contributed by atoms with Crippen LogP contribution in [0.15, 0.2) is 48.5 Å². The van der Waals surface area contributed by atoms with Crippen molar-refractivity contribution >= 4 is 23.1 Å². The summed E-state index contributed by atoms with van der Waals surface area (Å²) in [6, 6.07) is 16.2. The van der Waals surface area contributed by atoms with E-state index in [1.54, 1.807) is 6.92 Å². The van der Waals surface area contributed by atoms with Crippen molar-refractivity contribution in [3.8, 4) is 11.1 Å². The van der Waals surface area contributed by atoms with Crippen LogP contribution in [0.25, 0.3) is 11.1 Å². The van der Waals surface area contributed by atoms with Crippen molar-refractivity contribution in [3.05, 3.63) is 59.7 Å². The summed E-state index contributed by atoms with van der Waals surface area (Å²) < 4.78 is 5.32. The molecule has 3 rings (SSSR count). The van der Waals surface area contributed by atoms with Crippen LogP contribution in [0.5, 0.6) is 0 Å². The van der Waals surface area contributed by atoms with E-state index in [0.717, 1.165) is 27.3 Å². The third-order valence-electron chi connectivity index (χ3n) is 4.10. The van der Waals surface area contributed by atoms with Crippen LogP contribution in [0, 0.1) is 0 Å². The third kappa shape index (κ3) is 3.08. The van der Waals surface area contributed by atoms with E-state index < -0.39 is 11.5 Å². The van der Waals surface area contributed by atoms with Crippen LogP contribution in [0.3, 0.4) is 0 Å². The van der Waals surface area contributed by atoms with Gasteiger partial charge in [0.05, 0.1) is 0 Å². The first-order valence-corrected chi connectivity index (χ1v) is 8.08. The van der Waals surface area contributed by atoms with E-state index in [-0.39, 0.29) is 19.1 Å². The van der Waals surface area contributed by atoms with Crippen LogP contribution in [0.2, 0.25) is 0 Å². The zero-order valence-corrected chi connectivity index (χ0v) is 13.9. The molecule has 2 aromatic carbocycles. The molecule has 1 N–H and O–H groups in total. The number of hydrogen-bond acceptors (Lipinski definition) is 3. The molecule has 1 aliphatic rings. The lowest BCUT2D eigenvalue weighted by Crippen LogP contribution is -2.44. The number of hydrogen-bond donors (Lipinski definition) is 1. The molecule has 1 aliphatic carbocycles. The largest absolute Gasteiger partial charge is 0.447 e. The zero-order chi connectivity index (χ0) is 17.1. The van der Waals surface area contributed by atoms with E-state index in [0.29, 0.717) is 0 Å². The number of fused-ring (bicyclic) bond motifs is 3. The lowest BCUT2D eigenvalue weighted by Gasteiger charge is -2.19. The van der Waals surface area contributed by atoms with Crippen molar-refractivity contribution in [1.82, 2.24) is 10.4 Å². The Balaban J connectivity index is 1.74. The number of nitrogens with zero attached hydrogens (tertiary/aromatic N) is 1. The van der Waals surface area contributed by atoms with Crippen molar-refractivity contribution < 1.29 is 14.3 Å². The van der Waals surface area contributed by atoms with Gasteiger partial charge < -0.3 is 4.74 Å². The number of carbonyl (C=O) groups excluding carboxylic acids is 2. The second-order valence-corrected chi connectivity index (χ2v) is 5.76. The molecule has 6 heteroatoms. The number of hydrazine groups is 1. The average molecular weight is 345 g/mol. The van der Waals surface area contributed by atoms with Gasteiger partial charge in [0, 0.05) is 12.5 Å². The Bertz CT molecular complexity index is 733. The van der Waals surface area contributed by atoms with E-state index in [1.165, 1.54) is 0 Å². The fraction of sp³-hybridized carbons (Fsp3) is 0.222. The monoisotopic (exact) mass is 344 g/mol. The van der Waals surface area contributed by atoms with Crippen molar-refractivity contribution in [1.29, 1.82) is 0 Å². The molecule has 2 amide bonds. The molecule has 24 heavy (non-hydrogen) atoms. The minimum Gasteiger partial charge on any atom is -0.447 e. The second kappa shape index (κ2) is 6.93. The lowest BCUT2D eigenvalue weighted by atomic mass is 9.98. The van der Waals surface area contributed by atoms with Crippen LogP contribution in [0.4, 0.5) is 9.59 Å². The molecule has 124 valence electrons. The number of ether oxygens (including phenoxy) is 1. The van der Waals surface area contributed by atoms with Crippen LogP contribution in [-0.2, 0) is 4.74 Å². The fourth-order valence-corrected chi connectivity index (χ4v) is 3.15. The Kier molecular flexibility index (Phi) is 4.71. The molecule has 0 unspecified atom stereocenters. The minimum absolute atomic E-state index is 0.0232. The number of rotatable bonds is 3. The Labute approximate surface area is 145 Å². The summed E-state index contributed by atoms with van der Waals surface area (Å²) in [6.07, 6.45) is -0.701. The summed E-state index contributed by atoms with van der Waals surface area (Å²) in [7, 11) is 0. The molecule has 0 spiro atoms. The Morgan fingerprint density at radius 1 is 1.08 bits per heavy atom. The molecule has 0 saturated heterocycles. The van der Waals surface area contributed by atoms with Crippen molar-refractivity contribution in [2.24, 2.45) is 0 Å². The van der Waals surface area contributed by atoms with Gasteiger partial charge in [-0.05, 0) is 40.8 Å². The predicted molar refractivity (Wildman–Crippen MR) is 91.8 cm³/mol. The summed E-state index contributed by atoms with van der Waals surface area (Å²) in [6.45, 7) is 2.14. The summed E-state index contributed by atoms with van der Waals surface area (Å²) in [5.41, 5.74) is 6.91. The van der Waals surface area contributed by atoms with Crippen LogP contribution in [0.1, 0.15) is 24.0 Å². The van der Waals surface area contributed by atoms with E-state index in [2.05, 4.69) is 17.6 Å². The molecule has 0 bridgehead atoms. The van der Waals surface area contributed by atoms with Crippen molar-refractivity contribution in [2.75, 3.05) is 13.2 Å². The Morgan fingerprint density at radius 2 is 1.62 bits per heavy atom. The summed E-state index contributed by atoms with van der Waals surface area (Å²) in [5.74, 6) is -0.0232. The maximum absolute atomic E-state index is 11.9. The van der Waals surface area contributed by atoms with Crippen LogP contribution < -0.4 is 5.43 Å². The van der Waals surface area contributed by atoms with Crippen LogP contribution in [-0.4, -0.2) is 29.6 Å². The van der Waals surface area contributed by atoms with Gasteiger partial charge >= 0.3 is 11.5 Å². The number of nitrogens with one attached hydrogen (secondary N) is 1. The van der Waals surface area contributed by atoms with Gasteiger partial charge in [-0.2, -0.15) is 0 Å². The van der Waals surface area contributed by atoms with Gasteiger partial charge in [-0.15, -0.1) is 0 Å². The topological polar surface area (TPSA) is 58.6 Å². The highest BCUT2D eigenvalue weighted by atomic mass is 35.5. The fourth-order valence-electron chi connectivity index (χ4n) is 2.99. The number of carbonyl (C=O) groups is 2. The second-order valence-electron chi connectivity index (χ2n) is 5.43. The number of benzene rings is 2. The molecule has 0 radical (unpaired) electrons. The summed E-state index contributed by atoms with van der Waals surface area (Å²) >= 11 is 5.37. The van der Waals surface area contributed by atoms with Crippen molar-refractivity contribution in [3.63, 3.8) is 0 Å². The first kappa shape index (κ1) is 16.3. The molecule has 0 saturated carbocycles. The SMILES string of the molecule is CCN(NC(=O)OCC1c2ccccc2-c2ccccc21)C(=O)Cl. The molecule has 0 atom stereocenters. The van der Waals surface area contributed by atoms with Gasteiger partial charge in [-0.1, -0.05) is 48.5 Å². The number of halogens is 1. The van der Waals surface area contributed by atoms with Gasteiger partial charge in [0.25, 0.3) is 0 Å². The first-order valence-electron chi connectivity index (χ1n) is 7.70. The Hall–Kier alpha value is -2.53. The van der Waals surface area contributed by atoms with Gasteiger partial charge in [-0.25, -0.2) is 15.2 Å². The molecular formula is C18H17ClN2O3. The molecule has 0 aromatic heterocycles. The zero-order valence-electron chi connectivity index (χ0n) is 13.2. The first-order chi connectivity index (χ1) is 11.6. The normalized spacial score (nSPS) is 12.2. The van der Waals surface area contributed by atoms with E-state index in [4.69, 9.17) is 16.3 Å². The molecule has 0 aliphatic heterocycles.